The molecule has 2 aliphatic rings. The van der Waals surface area contributed by atoms with Crippen molar-refractivity contribution >= 4 is 5.82 Å². The standard InChI is InChI=1S/C23H26N6O2/c30-21-4-3-20(19-5-9-24-10-6-19)26-29(21)16-18-7-12-27(13-8-18)22-23(31)28(14-11-25-22)15-17-1-2-17/h3-6,9-11,14,17-18H,1-2,7-8,12-13,15-16H2. The zero-order valence-electron chi connectivity index (χ0n) is 17.4. The molecule has 0 unspecified atom stereocenters. The summed E-state index contributed by atoms with van der Waals surface area (Å²) in [5.74, 6) is 1.54. The topological polar surface area (TPSA) is 85.9 Å². The van der Waals surface area contributed by atoms with Crippen molar-refractivity contribution in [2.24, 2.45) is 11.8 Å². The fourth-order valence-corrected chi connectivity index (χ4v) is 4.20. The summed E-state index contributed by atoms with van der Waals surface area (Å²) >= 11 is 0. The van der Waals surface area contributed by atoms with Crippen molar-refractivity contribution in [1.82, 2.24) is 24.3 Å². The second kappa shape index (κ2) is 8.45. The lowest BCUT2D eigenvalue weighted by Crippen LogP contribution is -2.40. The first-order valence-corrected chi connectivity index (χ1v) is 11.0. The summed E-state index contributed by atoms with van der Waals surface area (Å²) in [5, 5.41) is 4.57. The highest BCUT2D eigenvalue weighted by atomic mass is 16.1. The van der Waals surface area contributed by atoms with E-state index in [2.05, 4.69) is 20.0 Å². The minimum Gasteiger partial charge on any atom is -0.352 e. The quantitative estimate of drug-likeness (QED) is 0.610. The van der Waals surface area contributed by atoms with E-state index in [1.54, 1.807) is 46.2 Å². The highest BCUT2D eigenvalue weighted by Gasteiger charge is 2.25. The van der Waals surface area contributed by atoms with Gasteiger partial charge in [-0.15, -0.1) is 0 Å². The molecule has 0 spiro atoms. The van der Waals surface area contributed by atoms with Crippen LogP contribution in [0.3, 0.4) is 0 Å². The minimum atomic E-state index is -0.0899. The second-order valence-corrected chi connectivity index (χ2v) is 8.56. The molecule has 4 heterocycles. The molecule has 0 N–H and O–H groups in total. The number of rotatable bonds is 6. The Morgan fingerprint density at radius 1 is 0.871 bits per heavy atom. The zero-order valence-corrected chi connectivity index (χ0v) is 17.4. The molecule has 2 fully saturated rings. The Kier molecular flexibility index (Phi) is 5.36. The molecule has 1 saturated carbocycles. The Morgan fingerprint density at radius 3 is 2.35 bits per heavy atom. The van der Waals surface area contributed by atoms with Crippen molar-refractivity contribution in [3.8, 4) is 11.3 Å². The van der Waals surface area contributed by atoms with Gasteiger partial charge in [-0.3, -0.25) is 14.6 Å². The van der Waals surface area contributed by atoms with Crippen molar-refractivity contribution in [1.29, 1.82) is 0 Å². The van der Waals surface area contributed by atoms with E-state index in [0.717, 1.165) is 43.7 Å². The van der Waals surface area contributed by atoms with E-state index in [9.17, 15) is 9.59 Å². The predicted molar refractivity (Wildman–Crippen MR) is 118 cm³/mol. The molecule has 0 bridgehead atoms. The van der Waals surface area contributed by atoms with Crippen LogP contribution in [0.15, 0.2) is 58.6 Å². The monoisotopic (exact) mass is 418 g/mol. The van der Waals surface area contributed by atoms with Crippen molar-refractivity contribution < 1.29 is 0 Å². The van der Waals surface area contributed by atoms with Gasteiger partial charge < -0.3 is 9.47 Å². The number of aromatic nitrogens is 5. The lowest BCUT2D eigenvalue weighted by molar-refractivity contribution is 0.334. The molecule has 0 atom stereocenters. The average Bonchev–Trinajstić information content (AvgIpc) is 3.62. The van der Waals surface area contributed by atoms with Crippen LogP contribution in [-0.4, -0.2) is 37.4 Å². The number of piperidine rings is 1. The van der Waals surface area contributed by atoms with Crippen molar-refractivity contribution in [2.75, 3.05) is 18.0 Å². The second-order valence-electron chi connectivity index (χ2n) is 8.56. The first-order chi connectivity index (χ1) is 15.2. The van der Waals surface area contributed by atoms with Crippen LogP contribution in [0.5, 0.6) is 0 Å². The Morgan fingerprint density at radius 2 is 1.61 bits per heavy atom. The molecule has 0 aromatic carbocycles. The van der Waals surface area contributed by atoms with Crippen molar-refractivity contribution in [2.45, 2.75) is 38.8 Å². The summed E-state index contributed by atoms with van der Waals surface area (Å²) in [6.45, 7) is 2.91. The summed E-state index contributed by atoms with van der Waals surface area (Å²) in [6, 6.07) is 7.11. The number of nitrogens with zero attached hydrogens (tertiary/aromatic N) is 6. The molecule has 8 heteroatoms. The van der Waals surface area contributed by atoms with Gasteiger partial charge in [0.2, 0.25) is 0 Å². The first-order valence-electron chi connectivity index (χ1n) is 11.0. The SMILES string of the molecule is O=c1c(N2CCC(Cn3nc(-c4ccncc4)ccc3=O)CC2)nccn1CC1CC1. The van der Waals surface area contributed by atoms with Gasteiger partial charge >= 0.3 is 0 Å². The van der Waals surface area contributed by atoms with Gasteiger partial charge in [0, 0.05) is 62.6 Å². The predicted octanol–water partition coefficient (Wildman–Crippen LogP) is 2.19. The normalized spacial score (nSPS) is 17.1. The third-order valence-corrected chi connectivity index (χ3v) is 6.24. The van der Waals surface area contributed by atoms with Crippen LogP contribution in [0.2, 0.25) is 0 Å². The van der Waals surface area contributed by atoms with E-state index in [1.807, 2.05) is 12.1 Å². The number of hydrogen-bond donors (Lipinski definition) is 0. The lowest BCUT2D eigenvalue weighted by Gasteiger charge is -2.32. The summed E-state index contributed by atoms with van der Waals surface area (Å²) in [5.41, 5.74) is 1.63. The maximum atomic E-state index is 12.8. The van der Waals surface area contributed by atoms with Crippen LogP contribution < -0.4 is 16.0 Å². The Bertz CT molecular complexity index is 1160. The van der Waals surface area contributed by atoms with Gasteiger partial charge in [0.1, 0.15) is 0 Å². The maximum Gasteiger partial charge on any atom is 0.293 e. The molecule has 0 radical (unpaired) electrons. The largest absolute Gasteiger partial charge is 0.352 e. The molecule has 1 saturated heterocycles. The summed E-state index contributed by atoms with van der Waals surface area (Å²) in [4.78, 5) is 35.7. The van der Waals surface area contributed by atoms with Gasteiger partial charge in [-0.2, -0.15) is 5.10 Å². The number of hydrogen-bond acceptors (Lipinski definition) is 6. The fraction of sp³-hybridized carbons (Fsp3) is 0.435. The fourth-order valence-electron chi connectivity index (χ4n) is 4.20. The van der Waals surface area contributed by atoms with E-state index < -0.39 is 0 Å². The number of anilines is 1. The first kappa shape index (κ1) is 19.7. The molecular formula is C23H26N6O2. The average molecular weight is 419 g/mol. The van der Waals surface area contributed by atoms with Gasteiger partial charge in [0.25, 0.3) is 11.1 Å². The Balaban J connectivity index is 1.26. The molecule has 0 amide bonds. The van der Waals surface area contributed by atoms with E-state index in [-0.39, 0.29) is 11.1 Å². The molecule has 31 heavy (non-hydrogen) atoms. The Labute approximate surface area is 180 Å². The zero-order chi connectivity index (χ0) is 21.2. The smallest absolute Gasteiger partial charge is 0.293 e. The van der Waals surface area contributed by atoms with Crippen LogP contribution in [0.4, 0.5) is 5.82 Å². The summed E-state index contributed by atoms with van der Waals surface area (Å²) in [6.07, 6.45) is 11.2. The molecule has 8 nitrogen and oxygen atoms in total. The highest BCUT2D eigenvalue weighted by Crippen LogP contribution is 2.30. The van der Waals surface area contributed by atoms with E-state index in [1.165, 1.54) is 12.8 Å². The third kappa shape index (κ3) is 4.42. The van der Waals surface area contributed by atoms with Crippen molar-refractivity contribution in [3.05, 3.63) is 69.8 Å². The van der Waals surface area contributed by atoms with Gasteiger partial charge in [-0.1, -0.05) is 0 Å². The molecule has 160 valence electrons. The van der Waals surface area contributed by atoms with Crippen LogP contribution in [0, 0.1) is 11.8 Å². The van der Waals surface area contributed by atoms with E-state index >= 15 is 0 Å². The molecule has 3 aromatic rings. The molecule has 1 aliphatic carbocycles. The highest BCUT2D eigenvalue weighted by molar-refractivity contribution is 5.57. The molecule has 5 rings (SSSR count). The summed E-state index contributed by atoms with van der Waals surface area (Å²) < 4.78 is 3.37. The van der Waals surface area contributed by atoms with E-state index in [4.69, 9.17) is 0 Å². The Hall–Kier alpha value is -3.29. The molecule has 3 aromatic heterocycles. The van der Waals surface area contributed by atoms with Gasteiger partial charge in [-0.05, 0) is 55.7 Å². The van der Waals surface area contributed by atoms with Gasteiger partial charge in [0.15, 0.2) is 5.82 Å². The van der Waals surface area contributed by atoms with Gasteiger partial charge in [0.05, 0.1) is 5.69 Å². The van der Waals surface area contributed by atoms with E-state index in [0.29, 0.717) is 24.2 Å². The lowest BCUT2D eigenvalue weighted by atomic mass is 9.97. The maximum absolute atomic E-state index is 12.8. The minimum absolute atomic E-state index is 0.00999. The molecule has 1 aliphatic heterocycles. The van der Waals surface area contributed by atoms with Crippen molar-refractivity contribution in [3.63, 3.8) is 0 Å². The van der Waals surface area contributed by atoms with Gasteiger partial charge in [-0.25, -0.2) is 9.67 Å². The van der Waals surface area contributed by atoms with Crippen LogP contribution >= 0.6 is 0 Å². The number of pyridine rings is 1. The molecular weight excluding hydrogens is 392 g/mol. The summed E-state index contributed by atoms with van der Waals surface area (Å²) in [7, 11) is 0. The third-order valence-electron chi connectivity index (χ3n) is 6.24. The van der Waals surface area contributed by atoms with Crippen LogP contribution in [0.25, 0.3) is 11.3 Å². The van der Waals surface area contributed by atoms with Crippen LogP contribution in [0.1, 0.15) is 25.7 Å². The van der Waals surface area contributed by atoms with Crippen LogP contribution in [-0.2, 0) is 13.1 Å².